The molecule has 1 N–H and O–H groups in total. The van der Waals surface area contributed by atoms with Gasteiger partial charge in [0, 0.05) is 22.1 Å². The Morgan fingerprint density at radius 1 is 1.55 bits per heavy atom. The first-order valence-corrected chi connectivity index (χ1v) is 9.35. The molecule has 0 bridgehead atoms. The fourth-order valence-corrected chi connectivity index (χ4v) is 3.36. The Kier molecular flexibility index (Phi) is 6.26. The summed E-state index contributed by atoms with van der Waals surface area (Å²) < 4.78 is 17.3. The van der Waals surface area contributed by atoms with Crippen molar-refractivity contribution in [3.63, 3.8) is 0 Å². The Balaban J connectivity index is 1.83. The molecule has 0 unspecified atom stereocenters. The molecule has 2 rings (SSSR count). The SMILES string of the molecule is CCCc1nc(C[S@@](=O)[C@H](C)C(=O)NCc2cccs2)no1. The number of carbonyl (C=O) groups is 1. The molecular formula is C14H19N3O3S2. The van der Waals surface area contributed by atoms with Crippen LogP contribution in [0.2, 0.25) is 0 Å². The van der Waals surface area contributed by atoms with Crippen molar-refractivity contribution in [2.75, 3.05) is 0 Å². The van der Waals surface area contributed by atoms with Gasteiger partial charge in [-0.15, -0.1) is 11.3 Å². The Hall–Kier alpha value is -1.54. The summed E-state index contributed by atoms with van der Waals surface area (Å²) in [4.78, 5) is 17.2. The topological polar surface area (TPSA) is 85.1 Å². The highest BCUT2D eigenvalue weighted by molar-refractivity contribution is 7.85. The number of hydrogen-bond acceptors (Lipinski definition) is 6. The van der Waals surface area contributed by atoms with Crippen LogP contribution in [0.3, 0.4) is 0 Å². The average Bonchev–Trinajstić information content (AvgIpc) is 3.16. The van der Waals surface area contributed by atoms with Gasteiger partial charge in [-0.25, -0.2) is 0 Å². The second kappa shape index (κ2) is 8.19. The fraction of sp³-hybridized carbons (Fsp3) is 0.500. The molecule has 0 saturated heterocycles. The van der Waals surface area contributed by atoms with Crippen LogP contribution in [-0.4, -0.2) is 25.5 Å². The van der Waals surface area contributed by atoms with Crippen LogP contribution in [0.1, 0.15) is 36.9 Å². The first-order chi connectivity index (χ1) is 10.6. The highest BCUT2D eigenvalue weighted by Gasteiger charge is 2.22. The summed E-state index contributed by atoms with van der Waals surface area (Å²) in [6.45, 7) is 4.12. The van der Waals surface area contributed by atoms with Crippen LogP contribution in [0.5, 0.6) is 0 Å². The minimum absolute atomic E-state index is 0.126. The largest absolute Gasteiger partial charge is 0.350 e. The maximum atomic E-state index is 12.2. The molecule has 0 aliphatic carbocycles. The molecule has 2 aromatic heterocycles. The van der Waals surface area contributed by atoms with E-state index in [1.54, 1.807) is 18.3 Å². The summed E-state index contributed by atoms with van der Waals surface area (Å²) in [5.41, 5.74) is 0. The molecule has 0 fully saturated rings. The third-order valence-corrected chi connectivity index (χ3v) is 5.45. The molecule has 0 saturated carbocycles. The fourth-order valence-electron chi connectivity index (χ4n) is 1.77. The van der Waals surface area contributed by atoms with Crippen LogP contribution < -0.4 is 5.32 Å². The quantitative estimate of drug-likeness (QED) is 0.794. The predicted molar refractivity (Wildman–Crippen MR) is 85.8 cm³/mol. The summed E-state index contributed by atoms with van der Waals surface area (Å²) in [5.74, 6) is 0.828. The van der Waals surface area contributed by atoms with Gasteiger partial charge in [0.05, 0.1) is 12.3 Å². The van der Waals surface area contributed by atoms with E-state index in [1.807, 2.05) is 24.4 Å². The van der Waals surface area contributed by atoms with Crippen molar-refractivity contribution in [2.45, 2.75) is 44.2 Å². The first kappa shape index (κ1) is 16.8. The molecule has 2 heterocycles. The molecule has 0 radical (unpaired) electrons. The maximum absolute atomic E-state index is 12.2. The Morgan fingerprint density at radius 3 is 3.05 bits per heavy atom. The number of thiophene rings is 1. The van der Waals surface area contributed by atoms with E-state index >= 15 is 0 Å². The third kappa shape index (κ3) is 4.74. The summed E-state index contributed by atoms with van der Waals surface area (Å²) in [5, 5.41) is 7.92. The van der Waals surface area contributed by atoms with Gasteiger partial charge >= 0.3 is 0 Å². The second-order valence-electron chi connectivity index (χ2n) is 4.82. The van der Waals surface area contributed by atoms with Crippen LogP contribution >= 0.6 is 11.3 Å². The number of amides is 1. The van der Waals surface area contributed by atoms with Crippen LogP contribution in [0.15, 0.2) is 22.0 Å². The molecule has 2 aromatic rings. The molecule has 1 amide bonds. The molecule has 22 heavy (non-hydrogen) atoms. The van der Waals surface area contributed by atoms with Crippen LogP contribution in [0.25, 0.3) is 0 Å². The number of nitrogens with one attached hydrogen (secondary N) is 1. The van der Waals surface area contributed by atoms with Gasteiger partial charge in [0.2, 0.25) is 11.8 Å². The van der Waals surface area contributed by atoms with E-state index in [0.717, 1.165) is 11.3 Å². The smallest absolute Gasteiger partial charge is 0.235 e. The lowest BCUT2D eigenvalue weighted by molar-refractivity contribution is -0.120. The number of hydrogen-bond donors (Lipinski definition) is 1. The van der Waals surface area contributed by atoms with Crippen molar-refractivity contribution in [1.82, 2.24) is 15.5 Å². The van der Waals surface area contributed by atoms with E-state index in [9.17, 15) is 9.00 Å². The zero-order chi connectivity index (χ0) is 15.9. The van der Waals surface area contributed by atoms with Gasteiger partial charge in [-0.1, -0.05) is 18.1 Å². The van der Waals surface area contributed by atoms with Gasteiger partial charge in [-0.2, -0.15) is 4.98 Å². The molecule has 6 nitrogen and oxygen atoms in total. The average molecular weight is 341 g/mol. The minimum Gasteiger partial charge on any atom is -0.350 e. The van der Waals surface area contributed by atoms with Crippen molar-refractivity contribution < 1.29 is 13.5 Å². The van der Waals surface area contributed by atoms with E-state index in [4.69, 9.17) is 4.52 Å². The maximum Gasteiger partial charge on any atom is 0.235 e. The van der Waals surface area contributed by atoms with Gasteiger partial charge < -0.3 is 9.84 Å². The van der Waals surface area contributed by atoms with Crippen molar-refractivity contribution in [3.8, 4) is 0 Å². The van der Waals surface area contributed by atoms with Gasteiger partial charge in [-0.05, 0) is 24.8 Å². The highest BCUT2D eigenvalue weighted by Crippen LogP contribution is 2.09. The lowest BCUT2D eigenvalue weighted by Gasteiger charge is -2.10. The normalized spacial score (nSPS) is 13.7. The molecule has 0 aliphatic rings. The standard InChI is InChI=1S/C14H19N3O3S2/c1-3-5-13-16-12(17-20-13)9-22(19)10(2)14(18)15-8-11-6-4-7-21-11/h4,6-7,10H,3,5,8-9H2,1-2H3,(H,15,18)/t10-,22-/m1/s1. The summed E-state index contributed by atoms with van der Waals surface area (Å²) in [6, 6.07) is 3.87. The van der Waals surface area contributed by atoms with Crippen molar-refractivity contribution in [2.24, 2.45) is 0 Å². The molecule has 2 atom stereocenters. The Bertz CT molecular complexity index is 625. The first-order valence-electron chi connectivity index (χ1n) is 7.09. The summed E-state index contributed by atoms with van der Waals surface area (Å²) in [6.07, 6.45) is 1.61. The van der Waals surface area contributed by atoms with E-state index in [-0.39, 0.29) is 11.7 Å². The van der Waals surface area contributed by atoms with Gasteiger partial charge in [0.15, 0.2) is 5.82 Å². The minimum atomic E-state index is -1.38. The highest BCUT2D eigenvalue weighted by atomic mass is 32.2. The third-order valence-electron chi connectivity index (χ3n) is 3.03. The summed E-state index contributed by atoms with van der Waals surface area (Å²) in [7, 11) is -1.38. The Labute approximate surface area is 135 Å². The number of rotatable bonds is 8. The van der Waals surface area contributed by atoms with E-state index < -0.39 is 16.0 Å². The van der Waals surface area contributed by atoms with Gasteiger partial charge in [0.1, 0.15) is 5.25 Å². The van der Waals surface area contributed by atoms with E-state index in [0.29, 0.717) is 24.7 Å². The number of aryl methyl sites for hydroxylation is 1. The monoisotopic (exact) mass is 341 g/mol. The van der Waals surface area contributed by atoms with E-state index in [1.165, 1.54) is 0 Å². The molecular weight excluding hydrogens is 322 g/mol. The lowest BCUT2D eigenvalue weighted by atomic mass is 10.3. The second-order valence-corrected chi connectivity index (χ2v) is 7.61. The van der Waals surface area contributed by atoms with Crippen LogP contribution in [0.4, 0.5) is 0 Å². The number of aromatic nitrogens is 2. The van der Waals surface area contributed by atoms with Gasteiger partial charge in [-0.3, -0.25) is 9.00 Å². The van der Waals surface area contributed by atoms with E-state index in [2.05, 4.69) is 15.5 Å². The molecule has 8 heteroatoms. The van der Waals surface area contributed by atoms with Crippen molar-refractivity contribution in [3.05, 3.63) is 34.1 Å². The zero-order valence-corrected chi connectivity index (χ0v) is 14.2. The lowest BCUT2D eigenvalue weighted by Crippen LogP contribution is -2.35. The predicted octanol–water partition coefficient (Wildman–Crippen LogP) is 2.04. The molecule has 120 valence electrons. The summed E-state index contributed by atoms with van der Waals surface area (Å²) >= 11 is 1.57. The van der Waals surface area contributed by atoms with Crippen LogP contribution in [-0.2, 0) is 34.3 Å². The zero-order valence-electron chi connectivity index (χ0n) is 12.6. The molecule has 0 aromatic carbocycles. The molecule has 0 aliphatic heterocycles. The number of nitrogens with zero attached hydrogens (tertiary/aromatic N) is 2. The Morgan fingerprint density at radius 2 is 2.36 bits per heavy atom. The van der Waals surface area contributed by atoms with Crippen LogP contribution in [0, 0.1) is 0 Å². The molecule has 0 spiro atoms. The van der Waals surface area contributed by atoms with Crippen molar-refractivity contribution in [1.29, 1.82) is 0 Å². The van der Waals surface area contributed by atoms with Crippen molar-refractivity contribution >= 4 is 28.0 Å². The van der Waals surface area contributed by atoms with Gasteiger partial charge in [0.25, 0.3) is 0 Å². The number of carbonyl (C=O) groups excluding carboxylic acids is 1.